The van der Waals surface area contributed by atoms with Gasteiger partial charge in [0, 0.05) is 43.2 Å². The van der Waals surface area contributed by atoms with E-state index < -0.39 is 16.1 Å². The number of hydrogen-bond acceptors (Lipinski definition) is 7. The predicted octanol–water partition coefficient (Wildman–Crippen LogP) is 4.47. The van der Waals surface area contributed by atoms with E-state index >= 15 is 0 Å². The Morgan fingerprint density at radius 3 is 2.77 bits per heavy atom. The number of rotatable bonds is 8. The van der Waals surface area contributed by atoms with Crippen molar-refractivity contribution in [1.82, 2.24) is 24.4 Å². The molecule has 1 aromatic carbocycles. The summed E-state index contributed by atoms with van der Waals surface area (Å²) in [6.45, 7) is 8.15. The number of aromatic nitrogens is 3. The smallest absolute Gasteiger partial charge is 0.333 e. The van der Waals surface area contributed by atoms with E-state index in [2.05, 4.69) is 44.2 Å². The molecule has 1 aliphatic carbocycles. The van der Waals surface area contributed by atoms with Gasteiger partial charge in [0.2, 0.25) is 5.88 Å². The molecule has 0 spiro atoms. The number of sulfonamides is 1. The van der Waals surface area contributed by atoms with Gasteiger partial charge < -0.3 is 15.0 Å². The summed E-state index contributed by atoms with van der Waals surface area (Å²) >= 11 is 0. The number of nitrogens with zero attached hydrogens (tertiary/aromatic N) is 4. The highest BCUT2D eigenvalue weighted by molar-refractivity contribution is 7.90. The molecule has 212 valence electrons. The Morgan fingerprint density at radius 1 is 1.20 bits per heavy atom. The van der Waals surface area contributed by atoms with Crippen LogP contribution in [0, 0.1) is 6.92 Å². The van der Waals surface area contributed by atoms with Crippen LogP contribution in [-0.4, -0.2) is 60.9 Å². The Balaban J connectivity index is 1.41. The number of pyridine rings is 1. The monoisotopic (exact) mass is 564 g/mol. The topological polar surface area (TPSA) is 118 Å². The van der Waals surface area contributed by atoms with Crippen molar-refractivity contribution in [1.29, 1.82) is 0 Å². The van der Waals surface area contributed by atoms with Crippen molar-refractivity contribution in [2.24, 2.45) is 0 Å². The molecule has 0 bridgehead atoms. The van der Waals surface area contributed by atoms with Gasteiger partial charge in [0.25, 0.3) is 10.0 Å². The van der Waals surface area contributed by atoms with Crippen LogP contribution in [0.15, 0.2) is 53.3 Å². The largest absolute Gasteiger partial charge is 0.473 e. The second-order valence-corrected chi connectivity index (χ2v) is 12.4. The summed E-state index contributed by atoms with van der Waals surface area (Å²) < 4.78 is 35.5. The molecule has 3 aromatic rings. The minimum absolute atomic E-state index is 0.00909. The summed E-state index contributed by atoms with van der Waals surface area (Å²) in [4.78, 5) is 19.8. The SMILES string of the molecule is Cc1cc2c(c(NC(=O)NS(=O)(=O)c3ccn(C(C)C)n3)c1-c1ccnc(OCC3=CCCN(C)C3)c1)CCC2. The van der Waals surface area contributed by atoms with Crippen LogP contribution in [0.5, 0.6) is 5.88 Å². The van der Waals surface area contributed by atoms with Crippen LogP contribution in [0.1, 0.15) is 49.4 Å². The lowest BCUT2D eigenvalue weighted by Gasteiger charge is -2.23. The van der Waals surface area contributed by atoms with Crippen molar-refractivity contribution in [2.75, 3.05) is 32.1 Å². The third-order valence-electron chi connectivity index (χ3n) is 7.30. The van der Waals surface area contributed by atoms with E-state index in [9.17, 15) is 13.2 Å². The highest BCUT2D eigenvalue weighted by Crippen LogP contribution is 2.40. The number of carbonyl (C=O) groups is 1. The normalized spacial score (nSPS) is 15.6. The van der Waals surface area contributed by atoms with E-state index in [4.69, 9.17) is 4.74 Å². The molecule has 0 saturated carbocycles. The Labute approximate surface area is 235 Å². The molecule has 2 amide bonds. The highest BCUT2D eigenvalue weighted by atomic mass is 32.2. The third-order valence-corrected chi connectivity index (χ3v) is 8.52. The zero-order chi connectivity index (χ0) is 28.4. The Kier molecular flexibility index (Phi) is 7.95. The van der Waals surface area contributed by atoms with Gasteiger partial charge in [-0.15, -0.1) is 0 Å². The lowest BCUT2D eigenvalue weighted by Crippen LogP contribution is -2.35. The van der Waals surface area contributed by atoms with Crippen molar-refractivity contribution in [2.45, 2.75) is 57.5 Å². The average Bonchev–Trinajstić information content (AvgIpc) is 3.58. The molecule has 11 heteroatoms. The van der Waals surface area contributed by atoms with Gasteiger partial charge in [0.1, 0.15) is 6.61 Å². The highest BCUT2D eigenvalue weighted by Gasteiger charge is 2.26. The number of aryl methyl sites for hydroxylation is 2. The number of amides is 2. The van der Waals surface area contributed by atoms with E-state index in [1.54, 1.807) is 12.4 Å². The maximum atomic E-state index is 13.1. The van der Waals surface area contributed by atoms with Crippen LogP contribution in [0.25, 0.3) is 11.1 Å². The van der Waals surface area contributed by atoms with Crippen molar-refractivity contribution in [3.63, 3.8) is 0 Å². The number of carbonyl (C=O) groups excluding carboxylic acids is 1. The molecule has 5 rings (SSSR count). The number of nitrogens with one attached hydrogen (secondary N) is 2. The third kappa shape index (κ3) is 6.05. The summed E-state index contributed by atoms with van der Waals surface area (Å²) in [5.41, 5.74) is 6.64. The lowest BCUT2D eigenvalue weighted by molar-refractivity contribution is 0.256. The molecule has 1 aliphatic heterocycles. The predicted molar refractivity (Wildman–Crippen MR) is 154 cm³/mol. The maximum absolute atomic E-state index is 13.1. The molecule has 40 heavy (non-hydrogen) atoms. The van der Waals surface area contributed by atoms with E-state index in [0.717, 1.165) is 66.6 Å². The zero-order valence-electron chi connectivity index (χ0n) is 23.4. The average molecular weight is 565 g/mol. The van der Waals surface area contributed by atoms with Crippen LogP contribution in [0.4, 0.5) is 10.5 Å². The van der Waals surface area contributed by atoms with Gasteiger partial charge in [0.05, 0.1) is 5.69 Å². The first-order valence-electron chi connectivity index (χ1n) is 13.6. The number of hydrogen-bond donors (Lipinski definition) is 2. The quantitative estimate of drug-likeness (QED) is 0.388. The van der Waals surface area contributed by atoms with E-state index in [-0.39, 0.29) is 11.1 Å². The first-order valence-corrected chi connectivity index (χ1v) is 15.1. The van der Waals surface area contributed by atoms with Crippen LogP contribution < -0.4 is 14.8 Å². The summed E-state index contributed by atoms with van der Waals surface area (Å²) in [6, 6.07) is 6.44. The first kappa shape index (κ1) is 27.9. The zero-order valence-corrected chi connectivity index (χ0v) is 24.2. The molecule has 0 saturated heterocycles. The minimum atomic E-state index is -4.16. The molecule has 0 atom stereocenters. The van der Waals surface area contributed by atoms with Crippen LogP contribution in [0.2, 0.25) is 0 Å². The van der Waals surface area contributed by atoms with Crippen LogP contribution in [-0.2, 0) is 22.9 Å². The van der Waals surface area contributed by atoms with Gasteiger partial charge in [-0.25, -0.2) is 14.5 Å². The fourth-order valence-corrected chi connectivity index (χ4v) is 6.20. The summed E-state index contributed by atoms with van der Waals surface area (Å²) in [6.07, 6.45) is 9.16. The molecule has 2 aliphatic rings. The van der Waals surface area contributed by atoms with E-state index in [1.807, 2.05) is 32.9 Å². The molecule has 0 radical (unpaired) electrons. The molecule has 0 unspecified atom stereocenters. The molecule has 0 fully saturated rings. The van der Waals surface area contributed by atoms with Gasteiger partial charge in [-0.05, 0) is 93.5 Å². The lowest BCUT2D eigenvalue weighted by atomic mass is 9.93. The number of ether oxygens (including phenoxy) is 1. The van der Waals surface area contributed by atoms with Crippen molar-refractivity contribution in [3.8, 4) is 17.0 Å². The number of likely N-dealkylation sites (N-methyl/N-ethyl adjacent to an activating group) is 1. The van der Waals surface area contributed by atoms with E-state index in [1.165, 1.54) is 16.3 Å². The van der Waals surface area contributed by atoms with Crippen LogP contribution >= 0.6 is 0 Å². The van der Waals surface area contributed by atoms with Crippen molar-refractivity contribution >= 4 is 21.7 Å². The number of benzene rings is 1. The fraction of sp³-hybridized carbons (Fsp3) is 0.414. The molecule has 2 N–H and O–H groups in total. The molecule has 10 nitrogen and oxygen atoms in total. The first-order chi connectivity index (χ1) is 19.1. The molecule has 3 heterocycles. The summed E-state index contributed by atoms with van der Waals surface area (Å²) in [7, 11) is -2.06. The van der Waals surface area contributed by atoms with Gasteiger partial charge in [-0.1, -0.05) is 12.1 Å². The second kappa shape index (κ2) is 11.4. The minimum Gasteiger partial charge on any atom is -0.473 e. The van der Waals surface area contributed by atoms with Crippen molar-refractivity contribution in [3.05, 3.63) is 65.0 Å². The fourth-order valence-electron chi connectivity index (χ4n) is 5.36. The van der Waals surface area contributed by atoms with Gasteiger partial charge in [-0.3, -0.25) is 4.68 Å². The van der Waals surface area contributed by atoms with Crippen molar-refractivity contribution < 1.29 is 17.9 Å². The maximum Gasteiger partial charge on any atom is 0.333 e. The molecular formula is C29H36N6O4S. The van der Waals surface area contributed by atoms with E-state index in [0.29, 0.717) is 18.2 Å². The van der Waals surface area contributed by atoms with Gasteiger partial charge in [0.15, 0.2) is 5.03 Å². The number of anilines is 1. The number of urea groups is 1. The van der Waals surface area contributed by atoms with Gasteiger partial charge in [-0.2, -0.15) is 13.5 Å². The summed E-state index contributed by atoms with van der Waals surface area (Å²) in [5.74, 6) is 0.491. The molecule has 2 aromatic heterocycles. The molecular weight excluding hydrogens is 528 g/mol. The Hall–Kier alpha value is -3.70. The Bertz CT molecular complexity index is 1560. The number of fused-ring (bicyclic) bond motifs is 1. The standard InChI is InChI=1S/C29H36N6O4S/c1-19(2)35-14-11-26(32-35)40(37,38)33-29(36)31-28-24-9-5-8-22(24)15-20(3)27(28)23-10-12-30-25(16-23)39-18-21-7-6-13-34(4)17-21/h7,10-12,14-16,19H,5-6,8-9,13,17-18H2,1-4H3,(H2,31,33,36). The second-order valence-electron chi connectivity index (χ2n) is 10.8. The Morgan fingerprint density at radius 2 is 2.02 bits per heavy atom. The summed E-state index contributed by atoms with van der Waals surface area (Å²) in [5, 5.41) is 6.77. The van der Waals surface area contributed by atoms with Crippen LogP contribution in [0.3, 0.4) is 0 Å². The van der Waals surface area contributed by atoms with Gasteiger partial charge >= 0.3 is 6.03 Å².